The van der Waals surface area contributed by atoms with Crippen LogP contribution in [0.15, 0.2) is 48.5 Å². The molecule has 2 N–H and O–H groups in total. The van der Waals surface area contributed by atoms with Crippen molar-refractivity contribution in [1.82, 2.24) is 0 Å². The first-order valence-corrected chi connectivity index (χ1v) is 4.99. The summed E-state index contributed by atoms with van der Waals surface area (Å²) in [6.45, 7) is 0. The summed E-state index contributed by atoms with van der Waals surface area (Å²) >= 11 is 0. The molecule has 0 fully saturated rings. The van der Waals surface area contributed by atoms with E-state index >= 15 is 0 Å². The van der Waals surface area contributed by atoms with E-state index in [-0.39, 0.29) is 11.3 Å². The Kier molecular flexibility index (Phi) is 3.05. The lowest BCUT2D eigenvalue weighted by atomic mass is 10.2. The van der Waals surface area contributed by atoms with Gasteiger partial charge in [-0.1, -0.05) is 18.2 Å². The minimum absolute atomic E-state index is 0.0221. The molecule has 0 saturated carbocycles. The van der Waals surface area contributed by atoms with Crippen molar-refractivity contribution < 1.29 is 13.9 Å². The number of carbonyl (C=O) groups is 1. The van der Waals surface area contributed by atoms with Crippen LogP contribution in [0.3, 0.4) is 0 Å². The van der Waals surface area contributed by atoms with Gasteiger partial charge < -0.3 is 10.5 Å². The topological polar surface area (TPSA) is 52.3 Å². The van der Waals surface area contributed by atoms with Crippen LogP contribution in [0.25, 0.3) is 0 Å². The Bertz CT molecular complexity index is 540. The number of ether oxygens (including phenoxy) is 1. The molecule has 0 aliphatic heterocycles. The Hall–Kier alpha value is -2.36. The zero-order chi connectivity index (χ0) is 12.3. The number of hydrogen-bond acceptors (Lipinski definition) is 2. The molecular weight excluding hydrogens is 221 g/mol. The third kappa shape index (κ3) is 2.60. The molecule has 0 bridgehead atoms. The maximum Gasteiger partial charge on any atom is 0.252 e. The molecule has 0 aliphatic rings. The SMILES string of the molecule is NC(=O)c1cc(F)ccc1Oc1ccccc1. The highest BCUT2D eigenvalue weighted by Gasteiger charge is 2.11. The van der Waals surface area contributed by atoms with Gasteiger partial charge in [-0.05, 0) is 30.3 Å². The van der Waals surface area contributed by atoms with E-state index in [1.54, 1.807) is 24.3 Å². The minimum atomic E-state index is -0.726. The van der Waals surface area contributed by atoms with Gasteiger partial charge in [0.15, 0.2) is 0 Å². The first-order chi connectivity index (χ1) is 8.16. The molecule has 4 heteroatoms. The second kappa shape index (κ2) is 4.65. The molecule has 2 aromatic carbocycles. The van der Waals surface area contributed by atoms with Crippen molar-refractivity contribution in [1.29, 1.82) is 0 Å². The Morgan fingerprint density at radius 2 is 1.82 bits per heavy atom. The van der Waals surface area contributed by atoms with Crippen LogP contribution >= 0.6 is 0 Å². The maximum absolute atomic E-state index is 13.0. The molecule has 0 unspecified atom stereocenters. The number of amides is 1. The number of benzene rings is 2. The van der Waals surface area contributed by atoms with E-state index in [1.807, 2.05) is 6.07 Å². The van der Waals surface area contributed by atoms with Crippen LogP contribution in [0.5, 0.6) is 11.5 Å². The summed E-state index contributed by atoms with van der Waals surface area (Å²) in [6, 6.07) is 12.5. The van der Waals surface area contributed by atoms with Crippen molar-refractivity contribution in [3.05, 3.63) is 59.9 Å². The average Bonchev–Trinajstić information content (AvgIpc) is 2.32. The van der Waals surface area contributed by atoms with E-state index < -0.39 is 11.7 Å². The van der Waals surface area contributed by atoms with Crippen LogP contribution in [0.2, 0.25) is 0 Å². The Morgan fingerprint density at radius 1 is 1.12 bits per heavy atom. The van der Waals surface area contributed by atoms with E-state index in [4.69, 9.17) is 10.5 Å². The van der Waals surface area contributed by atoms with E-state index in [2.05, 4.69) is 0 Å². The fraction of sp³-hybridized carbons (Fsp3) is 0. The normalized spacial score (nSPS) is 9.94. The number of halogens is 1. The third-order valence-electron chi connectivity index (χ3n) is 2.18. The lowest BCUT2D eigenvalue weighted by Gasteiger charge is -2.08. The average molecular weight is 231 g/mol. The van der Waals surface area contributed by atoms with Gasteiger partial charge in [0.05, 0.1) is 5.56 Å². The highest BCUT2D eigenvalue weighted by molar-refractivity contribution is 5.95. The fourth-order valence-corrected chi connectivity index (χ4v) is 1.40. The molecule has 0 spiro atoms. The van der Waals surface area contributed by atoms with Crippen LogP contribution in [-0.2, 0) is 0 Å². The van der Waals surface area contributed by atoms with Gasteiger partial charge >= 0.3 is 0 Å². The first kappa shape index (κ1) is 11.1. The molecule has 86 valence electrons. The largest absolute Gasteiger partial charge is 0.457 e. The number of nitrogens with two attached hydrogens (primary N) is 1. The van der Waals surface area contributed by atoms with Crippen LogP contribution in [0, 0.1) is 5.82 Å². The highest BCUT2D eigenvalue weighted by Crippen LogP contribution is 2.25. The van der Waals surface area contributed by atoms with Gasteiger partial charge in [-0.3, -0.25) is 4.79 Å². The smallest absolute Gasteiger partial charge is 0.252 e. The van der Waals surface area contributed by atoms with E-state index in [1.165, 1.54) is 12.1 Å². The third-order valence-corrected chi connectivity index (χ3v) is 2.18. The zero-order valence-corrected chi connectivity index (χ0v) is 8.89. The zero-order valence-electron chi connectivity index (χ0n) is 8.89. The number of hydrogen-bond donors (Lipinski definition) is 1. The molecule has 2 rings (SSSR count). The van der Waals surface area contributed by atoms with Gasteiger partial charge in [-0.25, -0.2) is 4.39 Å². The van der Waals surface area contributed by atoms with Crippen LogP contribution in [0.1, 0.15) is 10.4 Å². The van der Waals surface area contributed by atoms with Crippen LogP contribution in [-0.4, -0.2) is 5.91 Å². The highest BCUT2D eigenvalue weighted by atomic mass is 19.1. The van der Waals surface area contributed by atoms with Crippen LogP contribution in [0.4, 0.5) is 4.39 Å². The summed E-state index contributed by atoms with van der Waals surface area (Å²) in [7, 11) is 0. The van der Waals surface area contributed by atoms with Crippen molar-refractivity contribution in [2.45, 2.75) is 0 Å². The lowest BCUT2D eigenvalue weighted by molar-refractivity contribution is 0.0997. The number of primary amides is 1. The predicted molar refractivity (Wildman–Crippen MR) is 61.4 cm³/mol. The summed E-state index contributed by atoms with van der Waals surface area (Å²) in [6.07, 6.45) is 0. The minimum Gasteiger partial charge on any atom is -0.457 e. The van der Waals surface area contributed by atoms with Gasteiger partial charge in [-0.15, -0.1) is 0 Å². The van der Waals surface area contributed by atoms with E-state index in [0.717, 1.165) is 6.07 Å². The van der Waals surface area contributed by atoms with E-state index in [9.17, 15) is 9.18 Å². The molecule has 0 atom stereocenters. The molecule has 0 aromatic heterocycles. The Morgan fingerprint density at radius 3 is 2.47 bits per heavy atom. The van der Waals surface area contributed by atoms with Crippen molar-refractivity contribution in [3.63, 3.8) is 0 Å². The summed E-state index contributed by atoms with van der Waals surface area (Å²) in [4.78, 5) is 11.1. The van der Waals surface area contributed by atoms with Crippen molar-refractivity contribution in [3.8, 4) is 11.5 Å². The number of para-hydroxylation sites is 1. The van der Waals surface area contributed by atoms with Gasteiger partial charge in [0.1, 0.15) is 17.3 Å². The van der Waals surface area contributed by atoms with Crippen molar-refractivity contribution in [2.75, 3.05) is 0 Å². The summed E-state index contributed by atoms with van der Waals surface area (Å²) in [5.74, 6) is -0.457. The van der Waals surface area contributed by atoms with Gasteiger partial charge in [-0.2, -0.15) is 0 Å². The molecule has 3 nitrogen and oxygen atoms in total. The standard InChI is InChI=1S/C13H10FNO2/c14-9-6-7-12(11(8-9)13(15)16)17-10-4-2-1-3-5-10/h1-8H,(H2,15,16). The maximum atomic E-state index is 13.0. The molecule has 0 heterocycles. The fourth-order valence-electron chi connectivity index (χ4n) is 1.40. The predicted octanol–water partition coefficient (Wildman–Crippen LogP) is 2.72. The number of carbonyl (C=O) groups excluding carboxylic acids is 1. The van der Waals surface area contributed by atoms with Gasteiger partial charge in [0.25, 0.3) is 5.91 Å². The van der Waals surface area contributed by atoms with Crippen molar-refractivity contribution in [2.24, 2.45) is 5.73 Å². The first-order valence-electron chi connectivity index (χ1n) is 4.99. The van der Waals surface area contributed by atoms with Gasteiger partial charge in [0, 0.05) is 0 Å². The Balaban J connectivity index is 2.36. The molecule has 0 radical (unpaired) electrons. The quantitative estimate of drug-likeness (QED) is 0.882. The second-order valence-electron chi connectivity index (χ2n) is 3.42. The Labute approximate surface area is 97.6 Å². The monoisotopic (exact) mass is 231 g/mol. The second-order valence-corrected chi connectivity index (χ2v) is 3.42. The van der Waals surface area contributed by atoms with Crippen LogP contribution < -0.4 is 10.5 Å². The molecular formula is C13H10FNO2. The molecule has 17 heavy (non-hydrogen) atoms. The summed E-state index contributed by atoms with van der Waals surface area (Å²) in [5.41, 5.74) is 5.17. The number of rotatable bonds is 3. The molecule has 2 aromatic rings. The van der Waals surface area contributed by atoms with Crippen molar-refractivity contribution >= 4 is 5.91 Å². The molecule has 0 aliphatic carbocycles. The summed E-state index contributed by atoms with van der Waals surface area (Å²) in [5, 5.41) is 0. The summed E-state index contributed by atoms with van der Waals surface area (Å²) < 4.78 is 18.4. The molecule has 1 amide bonds. The lowest BCUT2D eigenvalue weighted by Crippen LogP contribution is -2.12. The molecule has 0 saturated heterocycles. The van der Waals surface area contributed by atoms with Gasteiger partial charge in [0.2, 0.25) is 0 Å². The van der Waals surface area contributed by atoms with E-state index in [0.29, 0.717) is 5.75 Å².